The van der Waals surface area contributed by atoms with E-state index in [1.807, 2.05) is 0 Å². The van der Waals surface area contributed by atoms with Gasteiger partial charge >= 0.3 is 0 Å². The van der Waals surface area contributed by atoms with E-state index in [2.05, 4.69) is 29.3 Å². The van der Waals surface area contributed by atoms with Crippen molar-refractivity contribution in [2.24, 2.45) is 5.92 Å². The standard InChI is InChI=1S/C20H30N2O/c1-15-11-17-14-22(13-16-5-9-23-10-6-16)8-4-18(17)19(12-15)20-3-2-7-21-20/h11-12,16,20-21H,2-10,13-14H2,1H3/t20-/m0/s1. The SMILES string of the molecule is Cc1cc2c(c([C@@H]3CCCN3)c1)CCN(CC1CCOCC1)C2. The second kappa shape index (κ2) is 6.92. The summed E-state index contributed by atoms with van der Waals surface area (Å²) in [5.41, 5.74) is 6.27. The lowest BCUT2D eigenvalue weighted by Crippen LogP contribution is -2.37. The van der Waals surface area contributed by atoms with Gasteiger partial charge in [-0.1, -0.05) is 17.7 Å². The summed E-state index contributed by atoms with van der Waals surface area (Å²) in [5, 5.41) is 3.70. The lowest BCUT2D eigenvalue weighted by molar-refractivity contribution is 0.0506. The van der Waals surface area contributed by atoms with E-state index in [1.165, 1.54) is 57.3 Å². The lowest BCUT2D eigenvalue weighted by Gasteiger charge is -2.35. The zero-order chi connectivity index (χ0) is 15.6. The molecule has 3 aliphatic rings. The minimum Gasteiger partial charge on any atom is -0.381 e. The van der Waals surface area contributed by atoms with E-state index in [0.717, 1.165) is 25.7 Å². The molecule has 2 fully saturated rings. The van der Waals surface area contributed by atoms with Crippen LogP contribution >= 0.6 is 0 Å². The molecule has 3 heterocycles. The largest absolute Gasteiger partial charge is 0.381 e. The molecule has 0 amide bonds. The summed E-state index contributed by atoms with van der Waals surface area (Å²) < 4.78 is 5.51. The van der Waals surface area contributed by atoms with Crippen LogP contribution in [0.5, 0.6) is 0 Å². The van der Waals surface area contributed by atoms with Crippen LogP contribution < -0.4 is 5.32 Å². The van der Waals surface area contributed by atoms with Crippen molar-refractivity contribution < 1.29 is 4.74 Å². The van der Waals surface area contributed by atoms with Gasteiger partial charge in [0.2, 0.25) is 0 Å². The van der Waals surface area contributed by atoms with Gasteiger partial charge in [-0.05, 0) is 68.2 Å². The van der Waals surface area contributed by atoms with Crippen molar-refractivity contribution in [1.82, 2.24) is 10.2 Å². The van der Waals surface area contributed by atoms with Crippen LogP contribution in [-0.2, 0) is 17.7 Å². The Kier molecular flexibility index (Phi) is 4.70. The molecule has 0 saturated carbocycles. The van der Waals surface area contributed by atoms with Gasteiger partial charge < -0.3 is 10.1 Å². The number of ether oxygens (including phenoxy) is 1. The fourth-order valence-electron chi connectivity index (χ4n) is 4.67. The Balaban J connectivity index is 1.50. The van der Waals surface area contributed by atoms with E-state index < -0.39 is 0 Å². The lowest BCUT2D eigenvalue weighted by atomic mass is 9.88. The highest BCUT2D eigenvalue weighted by atomic mass is 16.5. The maximum atomic E-state index is 5.51. The van der Waals surface area contributed by atoms with Crippen molar-refractivity contribution in [2.75, 3.05) is 32.8 Å². The number of fused-ring (bicyclic) bond motifs is 1. The highest BCUT2D eigenvalue weighted by molar-refractivity contribution is 5.42. The van der Waals surface area contributed by atoms with Gasteiger partial charge in [0.15, 0.2) is 0 Å². The first kappa shape index (κ1) is 15.6. The molecule has 2 saturated heterocycles. The van der Waals surface area contributed by atoms with Gasteiger partial charge in [0, 0.05) is 38.9 Å². The molecular formula is C20H30N2O. The zero-order valence-electron chi connectivity index (χ0n) is 14.4. The predicted octanol–water partition coefficient (Wildman–Crippen LogP) is 3.20. The number of rotatable bonds is 3. The van der Waals surface area contributed by atoms with Gasteiger partial charge in [-0.2, -0.15) is 0 Å². The maximum Gasteiger partial charge on any atom is 0.0469 e. The van der Waals surface area contributed by atoms with Crippen molar-refractivity contribution in [3.63, 3.8) is 0 Å². The van der Waals surface area contributed by atoms with Crippen LogP contribution in [0.3, 0.4) is 0 Å². The Hall–Kier alpha value is -0.900. The average Bonchev–Trinajstić information content (AvgIpc) is 3.09. The fourth-order valence-corrected chi connectivity index (χ4v) is 4.67. The third kappa shape index (κ3) is 3.47. The van der Waals surface area contributed by atoms with Crippen LogP contribution in [0.15, 0.2) is 12.1 Å². The van der Waals surface area contributed by atoms with Crippen molar-refractivity contribution >= 4 is 0 Å². The summed E-state index contributed by atoms with van der Waals surface area (Å²) in [4.78, 5) is 2.68. The Labute approximate surface area is 140 Å². The molecule has 0 spiro atoms. The molecule has 0 bridgehead atoms. The summed E-state index contributed by atoms with van der Waals surface area (Å²) >= 11 is 0. The van der Waals surface area contributed by atoms with Gasteiger partial charge in [0.05, 0.1) is 0 Å². The normalized spacial score (nSPS) is 26.4. The van der Waals surface area contributed by atoms with Crippen LogP contribution in [0.25, 0.3) is 0 Å². The number of benzene rings is 1. The Morgan fingerprint density at radius 1 is 1.22 bits per heavy atom. The van der Waals surface area contributed by atoms with Crippen LogP contribution in [0, 0.1) is 12.8 Å². The summed E-state index contributed by atoms with van der Waals surface area (Å²) in [6.07, 6.45) is 6.35. The number of nitrogens with zero attached hydrogens (tertiary/aromatic N) is 1. The molecule has 1 N–H and O–H groups in total. The zero-order valence-corrected chi connectivity index (χ0v) is 14.4. The van der Waals surface area contributed by atoms with Crippen LogP contribution in [0.1, 0.15) is 54.0 Å². The molecule has 1 aromatic carbocycles. The van der Waals surface area contributed by atoms with E-state index in [1.54, 1.807) is 16.7 Å². The molecule has 0 aromatic heterocycles. The summed E-state index contributed by atoms with van der Waals surface area (Å²) in [6, 6.07) is 5.48. The van der Waals surface area contributed by atoms with Crippen molar-refractivity contribution in [3.05, 3.63) is 34.4 Å². The highest BCUT2D eigenvalue weighted by Crippen LogP contribution is 2.32. The molecule has 1 aromatic rings. The molecule has 4 rings (SSSR count). The molecule has 0 aliphatic carbocycles. The first-order valence-electron chi connectivity index (χ1n) is 9.45. The summed E-state index contributed by atoms with van der Waals surface area (Å²) in [7, 11) is 0. The minimum absolute atomic E-state index is 0.602. The minimum atomic E-state index is 0.602. The number of hydrogen-bond acceptors (Lipinski definition) is 3. The molecule has 0 radical (unpaired) electrons. The molecule has 3 aliphatic heterocycles. The Bertz CT molecular complexity index is 545. The fraction of sp³-hybridized carbons (Fsp3) is 0.700. The molecule has 3 heteroatoms. The molecule has 1 atom stereocenters. The smallest absolute Gasteiger partial charge is 0.0469 e. The van der Waals surface area contributed by atoms with E-state index >= 15 is 0 Å². The van der Waals surface area contributed by atoms with E-state index in [9.17, 15) is 0 Å². The quantitative estimate of drug-likeness (QED) is 0.927. The van der Waals surface area contributed by atoms with E-state index in [0.29, 0.717) is 6.04 Å². The van der Waals surface area contributed by atoms with Crippen LogP contribution in [0.2, 0.25) is 0 Å². The Morgan fingerprint density at radius 2 is 2.09 bits per heavy atom. The van der Waals surface area contributed by atoms with E-state index in [-0.39, 0.29) is 0 Å². The van der Waals surface area contributed by atoms with Crippen molar-refractivity contribution in [1.29, 1.82) is 0 Å². The van der Waals surface area contributed by atoms with Gasteiger partial charge in [-0.15, -0.1) is 0 Å². The molecule has 0 unspecified atom stereocenters. The van der Waals surface area contributed by atoms with Gasteiger partial charge in [-0.25, -0.2) is 0 Å². The molecule has 3 nitrogen and oxygen atoms in total. The maximum absolute atomic E-state index is 5.51. The number of aryl methyl sites for hydroxylation is 1. The third-order valence-corrected chi connectivity index (χ3v) is 5.89. The molecule has 126 valence electrons. The summed E-state index contributed by atoms with van der Waals surface area (Å²) in [6.45, 7) is 9.01. The Morgan fingerprint density at radius 3 is 2.87 bits per heavy atom. The molecular weight excluding hydrogens is 284 g/mol. The summed E-state index contributed by atoms with van der Waals surface area (Å²) in [5.74, 6) is 0.839. The van der Waals surface area contributed by atoms with Gasteiger partial charge in [0.1, 0.15) is 0 Å². The van der Waals surface area contributed by atoms with Gasteiger partial charge in [-0.3, -0.25) is 4.90 Å². The van der Waals surface area contributed by atoms with Gasteiger partial charge in [0.25, 0.3) is 0 Å². The first-order valence-corrected chi connectivity index (χ1v) is 9.45. The number of hydrogen-bond donors (Lipinski definition) is 1. The van der Waals surface area contributed by atoms with Crippen molar-refractivity contribution in [2.45, 2.75) is 51.6 Å². The van der Waals surface area contributed by atoms with Crippen LogP contribution in [-0.4, -0.2) is 37.7 Å². The third-order valence-electron chi connectivity index (χ3n) is 5.89. The monoisotopic (exact) mass is 314 g/mol. The second-order valence-electron chi connectivity index (χ2n) is 7.68. The molecule has 23 heavy (non-hydrogen) atoms. The van der Waals surface area contributed by atoms with Crippen LogP contribution in [0.4, 0.5) is 0 Å². The average molecular weight is 314 g/mol. The van der Waals surface area contributed by atoms with E-state index in [4.69, 9.17) is 4.74 Å². The topological polar surface area (TPSA) is 24.5 Å². The second-order valence-corrected chi connectivity index (χ2v) is 7.68. The first-order chi connectivity index (χ1) is 11.3. The predicted molar refractivity (Wildman–Crippen MR) is 93.7 cm³/mol. The highest BCUT2D eigenvalue weighted by Gasteiger charge is 2.26. The van der Waals surface area contributed by atoms with Crippen molar-refractivity contribution in [3.8, 4) is 0 Å². The number of nitrogens with one attached hydrogen (secondary N) is 1.